The number of amides is 1. The van der Waals surface area contributed by atoms with Crippen molar-refractivity contribution in [1.82, 2.24) is 9.47 Å². The lowest BCUT2D eigenvalue weighted by molar-refractivity contribution is -0.127. The van der Waals surface area contributed by atoms with Gasteiger partial charge in [-0.3, -0.25) is 14.2 Å². The highest BCUT2D eigenvalue weighted by Crippen LogP contribution is 2.39. The molecule has 12 heteroatoms. The monoisotopic (exact) mass is 739 g/mol. The first-order chi connectivity index (χ1) is 22.6. The van der Waals surface area contributed by atoms with Crippen LogP contribution in [0.5, 0.6) is 23.0 Å². The molecule has 246 valence electrons. The molecule has 0 unspecified atom stereocenters. The van der Waals surface area contributed by atoms with Crippen molar-refractivity contribution in [3.05, 3.63) is 112 Å². The highest BCUT2D eigenvalue weighted by molar-refractivity contribution is 9.10. The molecule has 0 N–H and O–H groups in total. The summed E-state index contributed by atoms with van der Waals surface area (Å²) in [5.74, 6) is 1.93. The van der Waals surface area contributed by atoms with Gasteiger partial charge in [-0.25, -0.2) is 4.99 Å². The third-order valence-corrected chi connectivity index (χ3v) is 9.70. The average Bonchev–Trinajstić information content (AvgIpc) is 3.37. The number of allylic oxidation sites excluding steroid dienone is 1. The van der Waals surface area contributed by atoms with Gasteiger partial charge in [-0.2, -0.15) is 0 Å². The van der Waals surface area contributed by atoms with Crippen LogP contribution < -0.4 is 33.8 Å². The number of carbonyl (C=O) groups excluding carboxylic acids is 1. The molecule has 9 nitrogen and oxygen atoms in total. The van der Waals surface area contributed by atoms with Gasteiger partial charge in [0.2, 0.25) is 0 Å². The van der Waals surface area contributed by atoms with Gasteiger partial charge in [0, 0.05) is 23.7 Å². The van der Waals surface area contributed by atoms with E-state index in [0.29, 0.717) is 83.9 Å². The Hall–Kier alpha value is -4.06. The first-order valence-electron chi connectivity index (χ1n) is 14.9. The van der Waals surface area contributed by atoms with Gasteiger partial charge in [0.1, 0.15) is 24.1 Å². The van der Waals surface area contributed by atoms with Crippen molar-refractivity contribution in [2.24, 2.45) is 4.99 Å². The standard InChI is InChI=1S/C35H35BrClN3O6S/c1-7-39(8-2)34(42)30-20(3)38-35-40(31(30)25-18-24(43-4)13-14-27(25)44-5)33(41)29(47-35)17-22-15-26(36)32(28(16-22)45-6)46-19-21-9-11-23(37)12-10-21/h9-18,31H,7-8,19H2,1-6H3/b29-17+/t31-/m0/s1. The summed E-state index contributed by atoms with van der Waals surface area (Å²) in [5.41, 5.74) is 2.94. The maximum Gasteiger partial charge on any atom is 0.271 e. The maximum atomic E-state index is 14.3. The number of carbonyl (C=O) groups is 1. The number of likely N-dealkylation sites (N-methyl/N-ethyl adjacent to an activating group) is 1. The van der Waals surface area contributed by atoms with Gasteiger partial charge in [-0.15, -0.1) is 0 Å². The highest BCUT2D eigenvalue weighted by atomic mass is 79.9. The fraction of sp³-hybridized carbons (Fsp3) is 0.286. The molecule has 47 heavy (non-hydrogen) atoms. The van der Waals surface area contributed by atoms with E-state index in [0.717, 1.165) is 5.56 Å². The number of thiazole rings is 1. The minimum Gasteiger partial charge on any atom is -0.497 e. The molecule has 1 aliphatic heterocycles. The largest absolute Gasteiger partial charge is 0.497 e. The van der Waals surface area contributed by atoms with Crippen LogP contribution in [0.3, 0.4) is 0 Å². The zero-order valence-corrected chi connectivity index (χ0v) is 30.1. The average molecular weight is 741 g/mol. The van der Waals surface area contributed by atoms with Gasteiger partial charge in [0.25, 0.3) is 11.5 Å². The summed E-state index contributed by atoms with van der Waals surface area (Å²) in [6, 6.07) is 15.7. The quantitative estimate of drug-likeness (QED) is 0.184. The molecule has 2 heterocycles. The van der Waals surface area contributed by atoms with Crippen LogP contribution in [0, 0.1) is 0 Å². The molecule has 4 aromatic rings. The van der Waals surface area contributed by atoms with Gasteiger partial charge in [0.05, 0.1) is 41.6 Å². The van der Waals surface area contributed by atoms with Crippen molar-refractivity contribution in [2.45, 2.75) is 33.4 Å². The Morgan fingerprint density at radius 2 is 1.72 bits per heavy atom. The summed E-state index contributed by atoms with van der Waals surface area (Å²) in [7, 11) is 4.69. The molecule has 0 aliphatic carbocycles. The number of halogens is 2. The molecule has 3 aromatic carbocycles. The Labute approximate surface area is 290 Å². The number of aromatic nitrogens is 1. The first kappa shape index (κ1) is 34.3. The van der Waals surface area contributed by atoms with Gasteiger partial charge in [-0.05, 0) is 96.4 Å². The number of ether oxygens (including phenoxy) is 4. The second-order valence-electron chi connectivity index (χ2n) is 10.6. The van der Waals surface area contributed by atoms with E-state index in [-0.39, 0.29) is 11.5 Å². The predicted molar refractivity (Wildman–Crippen MR) is 188 cm³/mol. The van der Waals surface area contributed by atoms with Crippen LogP contribution in [0.15, 0.2) is 80.1 Å². The van der Waals surface area contributed by atoms with Crippen molar-refractivity contribution in [3.63, 3.8) is 0 Å². The number of hydrogen-bond donors (Lipinski definition) is 0. The van der Waals surface area contributed by atoms with Crippen LogP contribution in [-0.2, 0) is 11.4 Å². The van der Waals surface area contributed by atoms with E-state index in [1.165, 1.54) is 11.3 Å². The molecule has 1 atom stereocenters. The lowest BCUT2D eigenvalue weighted by Gasteiger charge is -2.30. The third-order valence-electron chi connectivity index (χ3n) is 7.88. The van der Waals surface area contributed by atoms with Crippen LogP contribution in [-0.4, -0.2) is 49.8 Å². The van der Waals surface area contributed by atoms with E-state index in [1.54, 1.807) is 62.0 Å². The van der Waals surface area contributed by atoms with E-state index in [4.69, 9.17) is 35.5 Å². The van der Waals surface area contributed by atoms with Crippen LogP contribution in [0.4, 0.5) is 0 Å². The number of nitrogens with zero attached hydrogens (tertiary/aromatic N) is 3. The molecule has 0 bridgehead atoms. The van der Waals surface area contributed by atoms with Gasteiger partial charge in [-0.1, -0.05) is 35.1 Å². The molecule has 5 rings (SSSR count). The molecule has 0 fully saturated rings. The van der Waals surface area contributed by atoms with Crippen LogP contribution in [0.1, 0.15) is 43.5 Å². The summed E-state index contributed by atoms with van der Waals surface area (Å²) in [6.45, 7) is 6.98. The Bertz CT molecular complexity index is 2020. The molecule has 1 aliphatic rings. The molecule has 0 spiro atoms. The topological polar surface area (TPSA) is 91.6 Å². The lowest BCUT2D eigenvalue weighted by atomic mass is 9.93. The number of benzene rings is 3. The molecule has 1 aromatic heterocycles. The smallest absolute Gasteiger partial charge is 0.271 e. The lowest BCUT2D eigenvalue weighted by Crippen LogP contribution is -2.43. The zero-order chi connectivity index (χ0) is 33.8. The van der Waals surface area contributed by atoms with E-state index in [2.05, 4.69) is 15.9 Å². The Kier molecular flexibility index (Phi) is 10.8. The summed E-state index contributed by atoms with van der Waals surface area (Å²) in [6.07, 6.45) is 1.78. The van der Waals surface area contributed by atoms with Crippen molar-refractivity contribution >= 4 is 50.9 Å². The van der Waals surface area contributed by atoms with Crippen molar-refractivity contribution < 1.29 is 23.7 Å². The molecular weight excluding hydrogens is 706 g/mol. The Morgan fingerprint density at radius 3 is 2.36 bits per heavy atom. The summed E-state index contributed by atoms with van der Waals surface area (Å²) < 4.78 is 25.7. The number of fused-ring (bicyclic) bond motifs is 1. The second kappa shape index (κ2) is 14.8. The fourth-order valence-corrected chi connectivity index (χ4v) is 7.22. The van der Waals surface area contributed by atoms with Crippen LogP contribution in [0.2, 0.25) is 5.02 Å². The summed E-state index contributed by atoms with van der Waals surface area (Å²) in [4.78, 5) is 35.3. The van der Waals surface area contributed by atoms with Crippen molar-refractivity contribution in [1.29, 1.82) is 0 Å². The number of methoxy groups -OCH3 is 3. The van der Waals surface area contributed by atoms with Crippen LogP contribution >= 0.6 is 38.9 Å². The zero-order valence-electron chi connectivity index (χ0n) is 26.9. The normalized spacial score (nSPS) is 14.4. The van der Waals surface area contributed by atoms with Gasteiger partial charge >= 0.3 is 0 Å². The molecule has 0 saturated heterocycles. The third kappa shape index (κ3) is 6.97. The van der Waals surface area contributed by atoms with Crippen LogP contribution in [0.25, 0.3) is 6.08 Å². The first-order valence-corrected chi connectivity index (χ1v) is 16.9. The van der Waals surface area contributed by atoms with E-state index in [9.17, 15) is 9.59 Å². The molecule has 1 amide bonds. The highest BCUT2D eigenvalue weighted by Gasteiger charge is 2.36. The Balaban J connectivity index is 1.63. The SMILES string of the molecule is CCN(CC)C(=O)C1=C(C)N=c2s/c(=C/c3cc(Br)c(OCc4ccc(Cl)cc4)c(OC)c3)c(=O)n2[C@H]1c1cc(OC)ccc1OC. The number of rotatable bonds is 11. The Morgan fingerprint density at radius 1 is 1.02 bits per heavy atom. The van der Waals surface area contributed by atoms with E-state index in [1.807, 2.05) is 50.2 Å². The van der Waals surface area contributed by atoms with Crippen molar-refractivity contribution in [2.75, 3.05) is 34.4 Å². The van der Waals surface area contributed by atoms with Crippen molar-refractivity contribution in [3.8, 4) is 23.0 Å². The summed E-state index contributed by atoms with van der Waals surface area (Å²) in [5, 5.41) is 0.651. The minimum atomic E-state index is -0.795. The molecule has 0 saturated carbocycles. The predicted octanol–water partition coefficient (Wildman–Crippen LogP) is 6.12. The number of hydrogen-bond acceptors (Lipinski definition) is 8. The second-order valence-corrected chi connectivity index (χ2v) is 12.9. The summed E-state index contributed by atoms with van der Waals surface area (Å²) >= 11 is 10.9. The molecular formula is C35H35BrClN3O6S. The minimum absolute atomic E-state index is 0.191. The molecule has 0 radical (unpaired) electrons. The fourth-order valence-electron chi connectivity index (χ4n) is 5.47. The van der Waals surface area contributed by atoms with E-state index >= 15 is 0 Å². The van der Waals surface area contributed by atoms with Gasteiger partial charge in [0.15, 0.2) is 16.3 Å². The van der Waals surface area contributed by atoms with Gasteiger partial charge < -0.3 is 23.8 Å². The van der Waals surface area contributed by atoms with E-state index < -0.39 is 6.04 Å². The maximum absolute atomic E-state index is 14.3.